The number of likely N-dealkylation sites (tertiary alicyclic amines) is 1. The average Bonchev–Trinajstić information content (AvgIpc) is 3.08. The largest absolute Gasteiger partial charge is 0.466 e. The zero-order chi connectivity index (χ0) is 15.1. The van der Waals surface area contributed by atoms with Crippen molar-refractivity contribution in [3.8, 4) is 0 Å². The molecule has 0 aromatic carbocycles. The number of aryl methyl sites for hydroxylation is 1. The van der Waals surface area contributed by atoms with Crippen molar-refractivity contribution in [2.75, 3.05) is 31.6 Å². The maximum Gasteiger partial charge on any atom is 0.306 e. The van der Waals surface area contributed by atoms with Gasteiger partial charge in [0.25, 0.3) is 0 Å². The Bertz CT molecular complexity index is 444. The van der Waals surface area contributed by atoms with E-state index in [1.54, 1.807) is 11.3 Å². The third kappa shape index (κ3) is 5.63. The van der Waals surface area contributed by atoms with Gasteiger partial charge in [-0.25, -0.2) is 4.98 Å². The number of nitrogens with one attached hydrogen (secondary N) is 1. The van der Waals surface area contributed by atoms with E-state index in [0.717, 1.165) is 17.4 Å². The molecule has 21 heavy (non-hydrogen) atoms. The van der Waals surface area contributed by atoms with Crippen LogP contribution in [0.15, 0.2) is 5.38 Å². The van der Waals surface area contributed by atoms with Gasteiger partial charge in [0, 0.05) is 24.4 Å². The molecule has 1 fully saturated rings. The highest BCUT2D eigenvalue weighted by molar-refractivity contribution is 7.13. The first kappa shape index (κ1) is 16.2. The van der Waals surface area contributed by atoms with Crippen molar-refractivity contribution in [3.63, 3.8) is 0 Å². The fraction of sp³-hybridized carbons (Fsp3) is 0.733. The number of hydrogen-bond acceptors (Lipinski definition) is 6. The Labute approximate surface area is 130 Å². The van der Waals surface area contributed by atoms with Crippen molar-refractivity contribution in [1.29, 1.82) is 0 Å². The van der Waals surface area contributed by atoms with Crippen molar-refractivity contribution in [1.82, 2.24) is 9.88 Å². The molecule has 0 spiro atoms. The highest BCUT2D eigenvalue weighted by atomic mass is 32.1. The summed E-state index contributed by atoms with van der Waals surface area (Å²) in [7, 11) is 0. The molecule has 5 nitrogen and oxygen atoms in total. The van der Waals surface area contributed by atoms with E-state index in [9.17, 15) is 4.79 Å². The minimum Gasteiger partial charge on any atom is -0.466 e. The highest BCUT2D eigenvalue weighted by Crippen LogP contribution is 2.18. The van der Waals surface area contributed by atoms with E-state index in [2.05, 4.69) is 22.1 Å². The predicted molar refractivity (Wildman–Crippen MR) is 85.8 cm³/mol. The Kier molecular flexibility index (Phi) is 6.45. The van der Waals surface area contributed by atoms with E-state index < -0.39 is 0 Å². The molecule has 6 heteroatoms. The molecule has 1 aliphatic heterocycles. The van der Waals surface area contributed by atoms with Crippen molar-refractivity contribution >= 4 is 22.4 Å². The minimum atomic E-state index is -0.151. The smallest absolute Gasteiger partial charge is 0.306 e. The summed E-state index contributed by atoms with van der Waals surface area (Å²) in [6.07, 6.45) is 3.70. The second-order valence-electron chi connectivity index (χ2n) is 5.50. The lowest BCUT2D eigenvalue weighted by molar-refractivity contribution is -0.143. The van der Waals surface area contributed by atoms with Crippen molar-refractivity contribution in [3.05, 3.63) is 11.1 Å². The van der Waals surface area contributed by atoms with Gasteiger partial charge in [-0.15, -0.1) is 11.3 Å². The molecule has 0 aliphatic carbocycles. The molecule has 0 saturated carbocycles. The summed E-state index contributed by atoms with van der Waals surface area (Å²) >= 11 is 1.61. The van der Waals surface area contributed by atoms with Crippen LogP contribution in [-0.4, -0.2) is 48.1 Å². The number of aromatic nitrogens is 1. The molecule has 2 rings (SSSR count). The molecule has 0 amide bonds. The van der Waals surface area contributed by atoms with Gasteiger partial charge in [0.15, 0.2) is 5.13 Å². The molecule has 1 atom stereocenters. The van der Waals surface area contributed by atoms with E-state index in [1.807, 2.05) is 12.3 Å². The van der Waals surface area contributed by atoms with Crippen molar-refractivity contribution in [2.24, 2.45) is 0 Å². The van der Waals surface area contributed by atoms with Gasteiger partial charge < -0.3 is 15.0 Å². The zero-order valence-corrected chi connectivity index (χ0v) is 13.7. The SMILES string of the molecule is CCOC(=O)CCc1csc(NC(C)CN2CCCC2)n1. The van der Waals surface area contributed by atoms with E-state index in [0.29, 0.717) is 25.5 Å². The number of nitrogens with zero attached hydrogens (tertiary/aromatic N) is 2. The Morgan fingerprint density at radius 3 is 3.00 bits per heavy atom. The summed E-state index contributed by atoms with van der Waals surface area (Å²) in [6, 6.07) is 0.396. The third-order valence-electron chi connectivity index (χ3n) is 3.54. The second-order valence-corrected chi connectivity index (χ2v) is 6.36. The molecular formula is C15H25N3O2S. The first-order valence-corrected chi connectivity index (χ1v) is 8.64. The first-order valence-electron chi connectivity index (χ1n) is 7.76. The van der Waals surface area contributed by atoms with Gasteiger partial charge in [-0.2, -0.15) is 0 Å². The molecular weight excluding hydrogens is 286 g/mol. The van der Waals surface area contributed by atoms with Crippen LogP contribution in [0.3, 0.4) is 0 Å². The summed E-state index contributed by atoms with van der Waals surface area (Å²) < 4.78 is 4.92. The van der Waals surface area contributed by atoms with Crippen LogP contribution in [0.1, 0.15) is 38.8 Å². The molecule has 0 radical (unpaired) electrons. The van der Waals surface area contributed by atoms with Gasteiger partial charge in [0.2, 0.25) is 0 Å². The number of thiazole rings is 1. The lowest BCUT2D eigenvalue weighted by Gasteiger charge is -2.20. The Hall–Kier alpha value is -1.14. The van der Waals surface area contributed by atoms with Crippen LogP contribution in [-0.2, 0) is 16.0 Å². The third-order valence-corrected chi connectivity index (χ3v) is 4.37. The lowest BCUT2D eigenvalue weighted by Crippen LogP contribution is -2.32. The summed E-state index contributed by atoms with van der Waals surface area (Å²) in [5.41, 5.74) is 0.962. The van der Waals surface area contributed by atoms with Gasteiger partial charge in [0.1, 0.15) is 0 Å². The normalized spacial score (nSPS) is 16.9. The number of hydrogen-bond donors (Lipinski definition) is 1. The number of carbonyl (C=O) groups is 1. The number of anilines is 1. The predicted octanol–water partition coefficient (Wildman–Crippen LogP) is 2.54. The van der Waals surface area contributed by atoms with Gasteiger partial charge in [-0.1, -0.05) is 0 Å². The fourth-order valence-corrected chi connectivity index (χ4v) is 3.42. The lowest BCUT2D eigenvalue weighted by atomic mass is 10.2. The average molecular weight is 311 g/mol. The molecule has 1 aromatic heterocycles. The maximum absolute atomic E-state index is 11.3. The van der Waals surface area contributed by atoms with E-state index in [-0.39, 0.29) is 5.97 Å². The molecule has 1 unspecified atom stereocenters. The number of esters is 1. The quantitative estimate of drug-likeness (QED) is 0.748. The number of carbonyl (C=O) groups excluding carboxylic acids is 1. The van der Waals surface area contributed by atoms with Crippen LogP contribution in [0.2, 0.25) is 0 Å². The molecule has 1 aromatic rings. The summed E-state index contributed by atoms with van der Waals surface area (Å²) in [5, 5.41) is 6.41. The second kappa shape index (κ2) is 8.34. The van der Waals surface area contributed by atoms with E-state index >= 15 is 0 Å². The minimum absolute atomic E-state index is 0.151. The van der Waals surface area contributed by atoms with Gasteiger partial charge >= 0.3 is 5.97 Å². The van der Waals surface area contributed by atoms with Crippen LogP contribution in [0.25, 0.3) is 0 Å². The first-order chi connectivity index (χ1) is 10.2. The molecule has 1 saturated heterocycles. The maximum atomic E-state index is 11.3. The molecule has 1 aliphatic rings. The summed E-state index contributed by atoms with van der Waals surface area (Å²) in [4.78, 5) is 18.4. The Balaban J connectivity index is 1.72. The van der Waals surface area contributed by atoms with Crippen LogP contribution >= 0.6 is 11.3 Å². The van der Waals surface area contributed by atoms with Crippen LogP contribution in [0, 0.1) is 0 Å². The summed E-state index contributed by atoms with van der Waals surface area (Å²) in [6.45, 7) is 7.96. The van der Waals surface area contributed by atoms with Crippen LogP contribution in [0.4, 0.5) is 5.13 Å². The highest BCUT2D eigenvalue weighted by Gasteiger charge is 2.15. The van der Waals surface area contributed by atoms with E-state index in [1.165, 1.54) is 25.9 Å². The van der Waals surface area contributed by atoms with Gasteiger partial charge in [-0.3, -0.25) is 4.79 Å². The molecule has 2 heterocycles. The zero-order valence-electron chi connectivity index (χ0n) is 12.9. The topological polar surface area (TPSA) is 54.5 Å². The Morgan fingerprint density at radius 1 is 1.52 bits per heavy atom. The molecule has 1 N–H and O–H groups in total. The van der Waals surface area contributed by atoms with Crippen LogP contribution < -0.4 is 5.32 Å². The molecule has 0 bridgehead atoms. The van der Waals surface area contributed by atoms with E-state index in [4.69, 9.17) is 4.74 Å². The van der Waals surface area contributed by atoms with Crippen molar-refractivity contribution in [2.45, 2.75) is 45.6 Å². The van der Waals surface area contributed by atoms with Crippen molar-refractivity contribution < 1.29 is 9.53 Å². The summed E-state index contributed by atoms with van der Waals surface area (Å²) in [5.74, 6) is -0.151. The van der Waals surface area contributed by atoms with Crippen LogP contribution in [0.5, 0.6) is 0 Å². The van der Waals surface area contributed by atoms with Gasteiger partial charge in [-0.05, 0) is 39.8 Å². The van der Waals surface area contributed by atoms with Gasteiger partial charge in [0.05, 0.1) is 18.7 Å². The Morgan fingerprint density at radius 2 is 2.29 bits per heavy atom. The fourth-order valence-electron chi connectivity index (χ4n) is 2.56. The standard InChI is InChI=1S/C15H25N3O2S/c1-3-20-14(19)7-6-13-11-21-15(17-13)16-12(2)10-18-8-4-5-9-18/h11-12H,3-10H2,1-2H3,(H,16,17). The number of ether oxygens (including phenoxy) is 1. The molecule has 118 valence electrons. The monoisotopic (exact) mass is 311 g/mol. The number of rotatable bonds is 8.